The van der Waals surface area contributed by atoms with Gasteiger partial charge in [-0.25, -0.2) is 4.39 Å². The zero-order valence-corrected chi connectivity index (χ0v) is 15.4. The Hall–Kier alpha value is -1.66. The van der Waals surface area contributed by atoms with Crippen molar-refractivity contribution < 1.29 is 13.9 Å². The lowest BCUT2D eigenvalue weighted by atomic mass is 9.86. The number of halogens is 1. The number of carbonyl (C=O) groups excluding carboxylic acids is 1. The van der Waals surface area contributed by atoms with Gasteiger partial charge in [0, 0.05) is 57.3 Å². The minimum absolute atomic E-state index is 0.0131. The maximum atomic E-state index is 13.7. The molecule has 1 aromatic rings. The summed E-state index contributed by atoms with van der Waals surface area (Å²) in [6.45, 7) is 4.24. The minimum atomic E-state index is -0.235. The monoisotopic (exact) mass is 349 g/mol. The van der Waals surface area contributed by atoms with Crippen LogP contribution >= 0.6 is 0 Å². The average Bonchev–Trinajstić information content (AvgIpc) is 2.73. The van der Waals surface area contributed by atoms with Crippen molar-refractivity contribution in [1.82, 2.24) is 14.7 Å². The van der Waals surface area contributed by atoms with Crippen molar-refractivity contribution in [3.63, 3.8) is 0 Å². The molecule has 0 bridgehead atoms. The van der Waals surface area contributed by atoms with E-state index in [0.717, 1.165) is 50.3 Å². The normalized spacial score (nSPS) is 26.1. The number of likely N-dealkylation sites (N-methyl/N-ethyl adjacent to an activating group) is 1. The van der Waals surface area contributed by atoms with E-state index < -0.39 is 0 Å². The second kappa shape index (κ2) is 7.30. The summed E-state index contributed by atoms with van der Waals surface area (Å²) in [5, 5.41) is 0. The standard InChI is InChI=1S/C19H28FN3O2/c1-21-9-8-19(7-6-18(21)24)14-23(11-10-22(19)2)13-15-12-16(20)4-5-17(15)25-3/h4-5,12H,6-11,13-14H2,1-3H3/t19-/m0/s1. The molecule has 0 aromatic heterocycles. The molecule has 2 heterocycles. The maximum absolute atomic E-state index is 13.7. The highest BCUT2D eigenvalue weighted by atomic mass is 19.1. The van der Waals surface area contributed by atoms with Gasteiger partial charge >= 0.3 is 0 Å². The van der Waals surface area contributed by atoms with Crippen LogP contribution in [0, 0.1) is 5.82 Å². The van der Waals surface area contributed by atoms with E-state index >= 15 is 0 Å². The van der Waals surface area contributed by atoms with Crippen LogP contribution in [-0.4, -0.2) is 73.5 Å². The number of piperazine rings is 1. The van der Waals surface area contributed by atoms with Gasteiger partial charge in [-0.15, -0.1) is 0 Å². The first-order valence-corrected chi connectivity index (χ1v) is 8.93. The van der Waals surface area contributed by atoms with E-state index in [2.05, 4.69) is 16.8 Å². The molecule has 1 amide bonds. The van der Waals surface area contributed by atoms with E-state index in [1.807, 2.05) is 11.9 Å². The maximum Gasteiger partial charge on any atom is 0.222 e. The molecule has 0 aliphatic carbocycles. The summed E-state index contributed by atoms with van der Waals surface area (Å²) in [6.07, 6.45) is 2.45. The van der Waals surface area contributed by atoms with Crippen LogP contribution in [0.15, 0.2) is 18.2 Å². The summed E-state index contributed by atoms with van der Waals surface area (Å²) in [5.41, 5.74) is 0.892. The third-order valence-corrected chi connectivity index (χ3v) is 5.86. The Kier molecular flexibility index (Phi) is 5.29. The van der Waals surface area contributed by atoms with Crippen LogP contribution in [0.5, 0.6) is 5.75 Å². The van der Waals surface area contributed by atoms with E-state index in [9.17, 15) is 9.18 Å². The van der Waals surface area contributed by atoms with E-state index in [4.69, 9.17) is 4.74 Å². The van der Waals surface area contributed by atoms with Crippen molar-refractivity contribution in [3.8, 4) is 5.75 Å². The Bertz CT molecular complexity index is 639. The van der Waals surface area contributed by atoms with Crippen molar-refractivity contribution in [2.75, 3.05) is 47.4 Å². The largest absolute Gasteiger partial charge is 0.496 e. The van der Waals surface area contributed by atoms with Crippen LogP contribution in [0.2, 0.25) is 0 Å². The van der Waals surface area contributed by atoms with Gasteiger partial charge in [0.15, 0.2) is 0 Å². The first-order valence-electron chi connectivity index (χ1n) is 8.93. The number of methoxy groups -OCH3 is 1. The van der Waals surface area contributed by atoms with Crippen molar-refractivity contribution >= 4 is 5.91 Å². The van der Waals surface area contributed by atoms with Crippen molar-refractivity contribution in [2.45, 2.75) is 31.3 Å². The highest BCUT2D eigenvalue weighted by Gasteiger charge is 2.41. The number of amides is 1. The average molecular weight is 349 g/mol. The summed E-state index contributed by atoms with van der Waals surface area (Å²) in [7, 11) is 5.67. The van der Waals surface area contributed by atoms with Crippen LogP contribution in [0.4, 0.5) is 4.39 Å². The number of likely N-dealkylation sites (tertiary alicyclic amines) is 1. The quantitative estimate of drug-likeness (QED) is 0.836. The fourth-order valence-corrected chi connectivity index (χ4v) is 4.09. The molecule has 1 spiro atoms. The van der Waals surface area contributed by atoms with Crippen molar-refractivity contribution in [3.05, 3.63) is 29.6 Å². The van der Waals surface area contributed by atoms with E-state index in [0.29, 0.717) is 13.0 Å². The van der Waals surface area contributed by atoms with Crippen LogP contribution in [-0.2, 0) is 11.3 Å². The SMILES string of the molecule is COc1ccc(F)cc1CN1CCN(C)[C@]2(CCC(=O)N(C)CC2)C1. The van der Waals surface area contributed by atoms with Gasteiger partial charge < -0.3 is 9.64 Å². The number of nitrogens with zero attached hydrogens (tertiary/aromatic N) is 3. The van der Waals surface area contributed by atoms with Gasteiger partial charge in [-0.3, -0.25) is 14.6 Å². The Labute approximate surface area is 149 Å². The molecule has 2 fully saturated rings. The lowest BCUT2D eigenvalue weighted by Crippen LogP contribution is -2.60. The topological polar surface area (TPSA) is 36.0 Å². The number of hydrogen-bond donors (Lipinski definition) is 0. The van der Waals surface area contributed by atoms with Crippen molar-refractivity contribution in [2.24, 2.45) is 0 Å². The first kappa shape index (κ1) is 18.1. The highest BCUT2D eigenvalue weighted by molar-refractivity contribution is 5.76. The number of benzene rings is 1. The number of carbonyl (C=O) groups is 1. The lowest BCUT2D eigenvalue weighted by molar-refractivity contribution is -0.129. The number of ether oxygens (including phenoxy) is 1. The molecule has 0 unspecified atom stereocenters. The zero-order chi connectivity index (χ0) is 18.0. The second-order valence-corrected chi connectivity index (χ2v) is 7.38. The summed E-state index contributed by atoms with van der Waals surface area (Å²) >= 11 is 0. The molecule has 2 saturated heterocycles. The summed E-state index contributed by atoms with van der Waals surface area (Å²) in [5.74, 6) is 0.723. The van der Waals surface area contributed by atoms with E-state index in [1.54, 1.807) is 19.2 Å². The molecule has 25 heavy (non-hydrogen) atoms. The molecule has 2 aliphatic rings. The molecule has 5 nitrogen and oxygen atoms in total. The Morgan fingerprint density at radius 2 is 2.00 bits per heavy atom. The Morgan fingerprint density at radius 3 is 2.76 bits per heavy atom. The van der Waals surface area contributed by atoms with Gasteiger partial charge in [0.2, 0.25) is 5.91 Å². The van der Waals surface area contributed by atoms with Gasteiger partial charge in [-0.2, -0.15) is 0 Å². The molecule has 1 atom stereocenters. The predicted octanol–water partition coefficient (Wildman–Crippen LogP) is 1.96. The van der Waals surface area contributed by atoms with Crippen LogP contribution < -0.4 is 4.74 Å². The second-order valence-electron chi connectivity index (χ2n) is 7.38. The van der Waals surface area contributed by atoms with Gasteiger partial charge in [0.1, 0.15) is 11.6 Å². The summed E-state index contributed by atoms with van der Waals surface area (Å²) in [4.78, 5) is 18.7. The molecule has 0 N–H and O–H groups in total. The molecular weight excluding hydrogens is 321 g/mol. The fourth-order valence-electron chi connectivity index (χ4n) is 4.09. The van der Waals surface area contributed by atoms with Crippen molar-refractivity contribution in [1.29, 1.82) is 0 Å². The molecule has 1 aromatic carbocycles. The van der Waals surface area contributed by atoms with Crippen LogP contribution in [0.3, 0.4) is 0 Å². The molecule has 0 saturated carbocycles. The van der Waals surface area contributed by atoms with Gasteiger partial charge in [-0.05, 0) is 38.1 Å². The summed E-state index contributed by atoms with van der Waals surface area (Å²) in [6, 6.07) is 4.69. The lowest BCUT2D eigenvalue weighted by Gasteiger charge is -2.49. The smallest absolute Gasteiger partial charge is 0.222 e. The third kappa shape index (κ3) is 3.80. The highest BCUT2D eigenvalue weighted by Crippen LogP contribution is 2.33. The molecule has 2 aliphatic heterocycles. The Balaban J connectivity index is 1.77. The van der Waals surface area contributed by atoms with E-state index in [-0.39, 0.29) is 17.3 Å². The summed E-state index contributed by atoms with van der Waals surface area (Å²) < 4.78 is 19.1. The molecule has 6 heteroatoms. The number of rotatable bonds is 3. The Morgan fingerprint density at radius 1 is 1.20 bits per heavy atom. The van der Waals surface area contributed by atoms with Crippen LogP contribution in [0.25, 0.3) is 0 Å². The predicted molar refractivity (Wildman–Crippen MR) is 95.1 cm³/mol. The molecule has 138 valence electrons. The minimum Gasteiger partial charge on any atom is -0.496 e. The van der Waals surface area contributed by atoms with Gasteiger partial charge in [-0.1, -0.05) is 0 Å². The number of hydrogen-bond acceptors (Lipinski definition) is 4. The fraction of sp³-hybridized carbons (Fsp3) is 0.632. The molecular formula is C19H28FN3O2. The first-order chi connectivity index (χ1) is 11.9. The van der Waals surface area contributed by atoms with Gasteiger partial charge in [0.25, 0.3) is 0 Å². The zero-order valence-electron chi connectivity index (χ0n) is 15.4. The molecule has 3 rings (SSSR count). The van der Waals surface area contributed by atoms with E-state index in [1.165, 1.54) is 6.07 Å². The third-order valence-electron chi connectivity index (χ3n) is 5.86. The van der Waals surface area contributed by atoms with Crippen LogP contribution in [0.1, 0.15) is 24.8 Å². The molecule has 0 radical (unpaired) electrons. The van der Waals surface area contributed by atoms with Gasteiger partial charge in [0.05, 0.1) is 7.11 Å².